The van der Waals surface area contributed by atoms with Gasteiger partial charge in [0.05, 0.1) is 16.6 Å². The van der Waals surface area contributed by atoms with Gasteiger partial charge in [-0.15, -0.1) is 0 Å². The molecular weight excluding hydrogens is 230 g/mol. The highest BCUT2D eigenvalue weighted by Crippen LogP contribution is 2.27. The zero-order valence-corrected chi connectivity index (χ0v) is 10.6. The highest BCUT2D eigenvalue weighted by atomic mass is 16.6. The van der Waals surface area contributed by atoms with Gasteiger partial charge in [0, 0.05) is 12.1 Å². The van der Waals surface area contributed by atoms with E-state index in [9.17, 15) is 10.1 Å². The minimum Gasteiger partial charge on any atom is -0.377 e. The van der Waals surface area contributed by atoms with Gasteiger partial charge in [0.15, 0.2) is 0 Å². The molecule has 0 aromatic heterocycles. The first-order valence-electron chi connectivity index (χ1n) is 6.07. The van der Waals surface area contributed by atoms with Crippen molar-refractivity contribution < 1.29 is 4.92 Å². The van der Waals surface area contributed by atoms with Gasteiger partial charge in [0.25, 0.3) is 5.69 Å². The molecule has 1 unspecified atom stereocenters. The van der Waals surface area contributed by atoms with Crippen LogP contribution in [0.2, 0.25) is 0 Å². The first-order valence-corrected chi connectivity index (χ1v) is 6.07. The summed E-state index contributed by atoms with van der Waals surface area (Å²) in [6, 6.07) is 6.57. The van der Waals surface area contributed by atoms with Crippen LogP contribution in [0.4, 0.5) is 11.4 Å². The number of nitro groups is 1. The Morgan fingerprint density at radius 1 is 1.50 bits per heavy atom. The fourth-order valence-electron chi connectivity index (χ4n) is 1.83. The van der Waals surface area contributed by atoms with Gasteiger partial charge in [-0.1, -0.05) is 20.3 Å². The molecule has 0 fully saturated rings. The Hall–Kier alpha value is -2.09. The van der Waals surface area contributed by atoms with Crippen LogP contribution in [0.5, 0.6) is 0 Å². The summed E-state index contributed by atoms with van der Waals surface area (Å²) in [7, 11) is 0. The van der Waals surface area contributed by atoms with Crippen molar-refractivity contribution in [2.24, 2.45) is 0 Å². The largest absolute Gasteiger partial charge is 0.377 e. The van der Waals surface area contributed by atoms with Crippen LogP contribution in [0.1, 0.15) is 38.7 Å². The van der Waals surface area contributed by atoms with E-state index >= 15 is 0 Å². The second-order valence-corrected chi connectivity index (χ2v) is 4.14. The van der Waals surface area contributed by atoms with Crippen LogP contribution in [0.25, 0.3) is 0 Å². The van der Waals surface area contributed by atoms with Crippen molar-refractivity contribution in [1.29, 1.82) is 5.26 Å². The van der Waals surface area contributed by atoms with E-state index in [-0.39, 0.29) is 11.7 Å². The van der Waals surface area contributed by atoms with Crippen molar-refractivity contribution in [3.63, 3.8) is 0 Å². The summed E-state index contributed by atoms with van der Waals surface area (Å²) < 4.78 is 0. The molecule has 0 saturated carbocycles. The first-order chi connectivity index (χ1) is 8.62. The molecule has 1 atom stereocenters. The number of hydrogen-bond donors (Lipinski definition) is 1. The van der Waals surface area contributed by atoms with Gasteiger partial charge in [-0.2, -0.15) is 5.26 Å². The maximum Gasteiger partial charge on any atom is 0.292 e. The molecule has 0 amide bonds. The number of nitro benzene ring substituents is 1. The van der Waals surface area contributed by atoms with Crippen molar-refractivity contribution in [3.8, 4) is 6.07 Å². The Labute approximate surface area is 107 Å². The van der Waals surface area contributed by atoms with Crippen LogP contribution in [0.15, 0.2) is 18.2 Å². The lowest BCUT2D eigenvalue weighted by atomic mass is 10.1. The summed E-state index contributed by atoms with van der Waals surface area (Å²) in [5.74, 6) is 0. The van der Waals surface area contributed by atoms with Crippen LogP contribution in [-0.2, 0) is 0 Å². The lowest BCUT2D eigenvalue weighted by molar-refractivity contribution is -0.384. The maximum atomic E-state index is 10.9. The van der Waals surface area contributed by atoms with Gasteiger partial charge in [-0.25, -0.2) is 0 Å². The quantitative estimate of drug-likeness (QED) is 0.616. The van der Waals surface area contributed by atoms with Crippen molar-refractivity contribution in [3.05, 3.63) is 33.9 Å². The van der Waals surface area contributed by atoms with E-state index in [1.54, 1.807) is 0 Å². The molecule has 1 aromatic rings. The SMILES string of the molecule is CCCC(CC)Nc1cc(C#N)ccc1[N+](=O)[O-]. The summed E-state index contributed by atoms with van der Waals surface area (Å²) in [6.45, 7) is 4.11. The summed E-state index contributed by atoms with van der Waals surface area (Å²) in [5, 5.41) is 22.9. The van der Waals surface area contributed by atoms with Crippen LogP contribution >= 0.6 is 0 Å². The molecule has 0 spiro atoms. The van der Waals surface area contributed by atoms with Crippen molar-refractivity contribution in [2.75, 3.05) is 5.32 Å². The molecule has 0 aliphatic rings. The van der Waals surface area contributed by atoms with Crippen LogP contribution in [-0.4, -0.2) is 11.0 Å². The van der Waals surface area contributed by atoms with E-state index in [2.05, 4.69) is 12.2 Å². The first kappa shape index (κ1) is 14.0. The molecular formula is C13H17N3O2. The predicted molar refractivity (Wildman–Crippen MR) is 70.4 cm³/mol. The summed E-state index contributed by atoms with van der Waals surface area (Å²) in [4.78, 5) is 10.5. The lowest BCUT2D eigenvalue weighted by Gasteiger charge is -2.17. The Bertz CT molecular complexity index is 466. The zero-order valence-electron chi connectivity index (χ0n) is 10.6. The topological polar surface area (TPSA) is 79.0 Å². The van der Waals surface area contributed by atoms with Gasteiger partial charge < -0.3 is 5.32 Å². The molecule has 96 valence electrons. The molecule has 18 heavy (non-hydrogen) atoms. The summed E-state index contributed by atoms with van der Waals surface area (Å²) in [5.41, 5.74) is 0.873. The molecule has 0 saturated heterocycles. The molecule has 1 rings (SSSR count). The van der Waals surface area contributed by atoms with Crippen LogP contribution in [0, 0.1) is 21.4 Å². The number of nitrogens with zero attached hydrogens (tertiary/aromatic N) is 2. The number of rotatable bonds is 6. The van der Waals surface area contributed by atoms with Crippen LogP contribution in [0.3, 0.4) is 0 Å². The number of nitrogens with one attached hydrogen (secondary N) is 1. The Morgan fingerprint density at radius 2 is 2.22 bits per heavy atom. The van der Waals surface area contributed by atoms with Gasteiger partial charge >= 0.3 is 0 Å². The number of benzene rings is 1. The second-order valence-electron chi connectivity index (χ2n) is 4.14. The number of hydrogen-bond acceptors (Lipinski definition) is 4. The van der Waals surface area contributed by atoms with Crippen molar-refractivity contribution in [2.45, 2.75) is 39.2 Å². The number of nitriles is 1. The van der Waals surface area contributed by atoms with E-state index in [0.29, 0.717) is 11.3 Å². The summed E-state index contributed by atoms with van der Waals surface area (Å²) >= 11 is 0. The summed E-state index contributed by atoms with van der Waals surface area (Å²) in [6.07, 6.45) is 2.85. The highest BCUT2D eigenvalue weighted by Gasteiger charge is 2.16. The average molecular weight is 247 g/mol. The molecule has 1 aromatic carbocycles. The Kier molecular flexibility index (Phi) is 5.12. The molecule has 1 N–H and O–H groups in total. The van der Waals surface area contributed by atoms with E-state index < -0.39 is 4.92 Å². The Morgan fingerprint density at radius 3 is 2.72 bits per heavy atom. The van der Waals surface area contributed by atoms with Crippen LogP contribution < -0.4 is 5.32 Å². The molecule has 0 radical (unpaired) electrons. The normalized spacial score (nSPS) is 11.6. The van der Waals surface area contributed by atoms with Gasteiger partial charge in [0.2, 0.25) is 0 Å². The maximum absolute atomic E-state index is 10.9. The number of anilines is 1. The molecule has 0 bridgehead atoms. The Balaban J connectivity index is 3.04. The van der Waals surface area contributed by atoms with Crippen molar-refractivity contribution >= 4 is 11.4 Å². The molecule has 5 heteroatoms. The average Bonchev–Trinajstić information content (AvgIpc) is 2.37. The van der Waals surface area contributed by atoms with Gasteiger partial charge in [-0.3, -0.25) is 10.1 Å². The predicted octanol–water partition coefficient (Wildman–Crippen LogP) is 3.46. The molecule has 0 aliphatic heterocycles. The third-order valence-electron chi connectivity index (χ3n) is 2.81. The smallest absolute Gasteiger partial charge is 0.292 e. The van der Waals surface area contributed by atoms with Crippen molar-refractivity contribution in [1.82, 2.24) is 0 Å². The highest BCUT2D eigenvalue weighted by molar-refractivity contribution is 5.64. The third kappa shape index (κ3) is 3.45. The molecule has 0 aliphatic carbocycles. The van der Waals surface area contributed by atoms with E-state index in [0.717, 1.165) is 19.3 Å². The van der Waals surface area contributed by atoms with E-state index in [1.807, 2.05) is 13.0 Å². The second kappa shape index (κ2) is 6.60. The monoisotopic (exact) mass is 247 g/mol. The zero-order chi connectivity index (χ0) is 13.5. The fraction of sp³-hybridized carbons (Fsp3) is 0.462. The van der Waals surface area contributed by atoms with Gasteiger partial charge in [-0.05, 0) is 25.0 Å². The van der Waals surface area contributed by atoms with Gasteiger partial charge in [0.1, 0.15) is 5.69 Å². The molecule has 5 nitrogen and oxygen atoms in total. The standard InChI is InChI=1S/C13H17N3O2/c1-3-5-11(4-2)15-12-8-10(9-14)6-7-13(12)16(17)18/h6-8,11,15H,3-5H2,1-2H3. The minimum absolute atomic E-state index is 0.0172. The van der Waals surface area contributed by atoms with E-state index in [4.69, 9.17) is 5.26 Å². The minimum atomic E-state index is -0.428. The van der Waals surface area contributed by atoms with E-state index in [1.165, 1.54) is 18.2 Å². The molecule has 0 heterocycles. The fourth-order valence-corrected chi connectivity index (χ4v) is 1.83. The lowest BCUT2D eigenvalue weighted by Crippen LogP contribution is -2.18. The third-order valence-corrected chi connectivity index (χ3v) is 2.81.